The minimum atomic E-state index is -3.59. The first kappa shape index (κ1) is 105. The molecule has 12 bridgehead atoms. The van der Waals surface area contributed by atoms with Gasteiger partial charge in [-0.3, -0.25) is 24.1 Å². The number of rotatable bonds is 20. The summed E-state index contributed by atoms with van der Waals surface area (Å²) < 4.78 is 35.6. The SMILES string of the molecule is C=CCN1CCC23CCCCC2C1Cc1ccc(OC(C)C)cc13.CC(C)N1C2Cc3ccccc3C1(C)c1ccccc12.CC(C)NC12CC3CC(CC(C3)C1)C2.CC(C)OP(=O)(O)C[C@@H]1CCN[C@H](C(=O)O)C1.CC(C)Oc1ccc2c(c1)C13CCCCC1C(C2)N(C)CC3.CCN(C(C)C)C1(c2ccccc2)CCCCC1.COc1ccc2c(c1)C13CCCCC1C(C2)[N+](C)(C(C)C)CC3. The Hall–Kier alpha value is -6.20. The fourth-order valence-corrected chi connectivity index (χ4v) is 34.5. The number of piperidine rings is 4. The van der Waals surface area contributed by atoms with Crippen molar-refractivity contribution in [1.82, 2.24) is 30.2 Å². The van der Waals surface area contributed by atoms with Crippen molar-refractivity contribution in [3.05, 3.63) is 207 Å². The molecular formula is C122H183N7O8P+. The number of aliphatic carboxylic acids is 1. The van der Waals surface area contributed by atoms with E-state index in [4.69, 9.17) is 23.8 Å². The quantitative estimate of drug-likeness (QED) is 0.0326. The number of hydrogen-bond donors (Lipinski definition) is 4. The van der Waals surface area contributed by atoms with Gasteiger partial charge in [0.05, 0.1) is 62.8 Å². The van der Waals surface area contributed by atoms with Gasteiger partial charge in [-0.2, -0.15) is 0 Å². The number of ether oxygens (including phenoxy) is 3. The highest BCUT2D eigenvalue weighted by atomic mass is 31.2. The van der Waals surface area contributed by atoms with E-state index in [1.807, 2.05) is 0 Å². The molecule has 12 fully saturated rings. The van der Waals surface area contributed by atoms with Gasteiger partial charge in [-0.15, -0.1) is 6.58 Å². The lowest BCUT2D eigenvalue weighted by Crippen LogP contribution is -2.70. The largest absolute Gasteiger partial charge is 0.497 e. The molecule has 15 atom stereocenters. The van der Waals surface area contributed by atoms with Crippen LogP contribution in [0.15, 0.2) is 146 Å². The van der Waals surface area contributed by atoms with Gasteiger partial charge in [0, 0.05) is 88.9 Å². The molecule has 4 saturated heterocycles. The number of carboxylic acid groups (broad SMARTS) is 1. The molecule has 758 valence electrons. The normalized spacial score (nSPS) is 32.7. The predicted octanol–water partition coefficient (Wildman–Crippen LogP) is 26.0. The highest BCUT2D eigenvalue weighted by Crippen LogP contribution is 2.63. The molecule has 0 radical (unpaired) electrons. The number of methoxy groups -OCH3 is 1. The van der Waals surface area contributed by atoms with Crippen molar-refractivity contribution >= 4 is 13.6 Å². The lowest BCUT2D eigenvalue weighted by Gasteiger charge is -2.62. The fourth-order valence-electron chi connectivity index (χ4n) is 32.8. The van der Waals surface area contributed by atoms with Crippen molar-refractivity contribution in [2.75, 3.05) is 66.6 Å². The summed E-state index contributed by atoms with van der Waals surface area (Å²) in [5.74, 6) is 7.99. The van der Waals surface area contributed by atoms with Crippen molar-refractivity contribution in [2.45, 2.75) is 422 Å². The van der Waals surface area contributed by atoms with Crippen LogP contribution in [-0.4, -0.2) is 179 Å². The second kappa shape index (κ2) is 44.0. The molecule has 4 N–H and O–H groups in total. The third-order valence-electron chi connectivity index (χ3n) is 38.0. The van der Waals surface area contributed by atoms with Gasteiger partial charge in [0.15, 0.2) is 0 Å². The smallest absolute Gasteiger partial charge is 0.328 e. The van der Waals surface area contributed by atoms with E-state index >= 15 is 0 Å². The number of carbonyl (C=O) groups is 1. The molecule has 11 aliphatic carbocycles. The molecule has 6 aromatic rings. The average Bonchev–Trinajstić information content (AvgIpc) is 1.16. The summed E-state index contributed by atoms with van der Waals surface area (Å²) in [5, 5.41) is 15.6. The van der Waals surface area contributed by atoms with Crippen molar-refractivity contribution in [2.24, 2.45) is 41.4 Å². The molecule has 23 rings (SSSR count). The van der Waals surface area contributed by atoms with Crippen LogP contribution in [0.25, 0.3) is 0 Å². The van der Waals surface area contributed by atoms with Crippen LogP contribution < -0.4 is 24.8 Å². The molecule has 6 aliphatic heterocycles. The van der Waals surface area contributed by atoms with Crippen molar-refractivity contribution in [3.63, 3.8) is 0 Å². The van der Waals surface area contributed by atoms with Crippen LogP contribution in [0.1, 0.15) is 358 Å². The standard InChI is InChI=1S/C22H31NO.C21H32NO.C20H29NO.C19H21N.C17H27N.C13H23N.C10H20NO5P/c1-4-12-23-13-11-22-10-6-5-7-19(22)21(23)14-17-8-9-18(15-20(17)22)24-16(2)3;1-15(2)22(3)12-11-21-10-6-5-7-18(21)20(22)13-16-8-9-17(23-4)14-19(16)21;1-14(2)22-16-8-7-15-12-19-17-6-4-5-9-20(17,18(15)13-16)10-11-21(19)3;1-13(2)20-18-12-14-8-4-6-10-16(14)19(20,3)17-11-7-5-9-15(17)18;1-4-18(15(2)3)17(13-9-6-10-14-17)16-11-7-5-8-12-16;1-9(2)14-13-6-10-3-11(7-13)5-12(4-10)8-13;1-7(2)16-17(14,15)6-8-3-4-11-9(5-8)10(12)13/h4,8-9,15-16,19,21H,1,5-7,10-14H2,2-3H3;8-9,14-15,18,20H,5-7,10-13H2,1-4H3;7-8,13-14,17,19H,4-6,9-12H2,1-3H3;4-11,13,18H,12H2,1-3H3;5,7-8,11-12,15H,4,6,9-10,13-14H2,1-3H3;9-12,14H,3-8H2,1-2H3;7-9,11H,3-6H2,1-2H3,(H,12,13)(H,14,15)/q;+1;;;;;/t;;;;;;8-,9+/m......1/s1. The van der Waals surface area contributed by atoms with E-state index < -0.39 is 19.6 Å². The molecule has 6 aromatic carbocycles. The molecule has 0 aromatic heterocycles. The van der Waals surface area contributed by atoms with Crippen LogP contribution in [0.5, 0.6) is 17.2 Å². The van der Waals surface area contributed by atoms with Crippen molar-refractivity contribution < 1.29 is 42.6 Å². The van der Waals surface area contributed by atoms with E-state index in [1.54, 1.807) is 73.6 Å². The molecule has 0 spiro atoms. The van der Waals surface area contributed by atoms with Gasteiger partial charge in [-0.25, -0.2) is 0 Å². The number of quaternary nitrogens is 1. The summed E-state index contributed by atoms with van der Waals surface area (Å²) in [6.07, 6.45) is 45.0. The number of likely N-dealkylation sites (tertiary alicyclic amines) is 3. The summed E-state index contributed by atoms with van der Waals surface area (Å²) in [4.78, 5) is 31.2. The second-order valence-corrected chi connectivity index (χ2v) is 50.4. The molecule has 17 aliphatic rings. The Kier molecular flexibility index (Phi) is 33.4. The Balaban J connectivity index is 0.000000117. The topological polar surface area (TPSA) is 149 Å². The molecule has 8 saturated carbocycles. The Morgan fingerprint density at radius 2 is 1.09 bits per heavy atom. The van der Waals surface area contributed by atoms with Crippen LogP contribution in [0.3, 0.4) is 0 Å². The number of benzene rings is 6. The van der Waals surface area contributed by atoms with Gasteiger partial charge in [-0.1, -0.05) is 182 Å². The predicted molar refractivity (Wildman–Crippen MR) is 569 cm³/mol. The monoisotopic (exact) mass is 1910 g/mol. The molecule has 6 heterocycles. The third-order valence-corrected chi connectivity index (χ3v) is 39.7. The molecule has 0 amide bonds. The Labute approximate surface area is 835 Å². The van der Waals surface area contributed by atoms with E-state index in [0.29, 0.717) is 76.9 Å². The summed E-state index contributed by atoms with van der Waals surface area (Å²) in [6.45, 7) is 45.9. The summed E-state index contributed by atoms with van der Waals surface area (Å²) in [7, 11) is 3.08. The van der Waals surface area contributed by atoms with Crippen LogP contribution in [-0.2, 0) is 66.9 Å². The summed E-state index contributed by atoms with van der Waals surface area (Å²) in [6, 6.07) is 54.8. The molecule has 15 nitrogen and oxygen atoms in total. The zero-order chi connectivity index (χ0) is 98.0. The summed E-state index contributed by atoms with van der Waals surface area (Å²) in [5.41, 5.74) is 19.4. The van der Waals surface area contributed by atoms with Gasteiger partial charge in [0.1, 0.15) is 23.3 Å². The summed E-state index contributed by atoms with van der Waals surface area (Å²) >= 11 is 0. The molecular weight excluding hydrogens is 1720 g/mol. The first-order valence-electron chi connectivity index (χ1n) is 55.7. The highest BCUT2D eigenvalue weighted by Gasteiger charge is 2.62. The Morgan fingerprint density at radius 1 is 0.580 bits per heavy atom. The van der Waals surface area contributed by atoms with Crippen molar-refractivity contribution in [3.8, 4) is 17.2 Å². The van der Waals surface area contributed by atoms with E-state index in [2.05, 4.69) is 287 Å². The minimum Gasteiger partial charge on any atom is -0.497 e. The highest BCUT2D eigenvalue weighted by molar-refractivity contribution is 7.52. The van der Waals surface area contributed by atoms with Gasteiger partial charge in [-0.05, 0) is 391 Å². The molecule has 13 unspecified atom stereocenters. The van der Waals surface area contributed by atoms with E-state index in [9.17, 15) is 14.3 Å². The fraction of sp³-hybridized carbons (Fsp3) is 0.680. The number of likely N-dealkylation sites (N-methyl/N-ethyl adjacent to an activating group) is 2. The first-order chi connectivity index (χ1) is 66.0. The average molecular weight is 1910 g/mol. The number of hydrogen-bond acceptors (Lipinski definition) is 12. The Morgan fingerprint density at radius 3 is 1.64 bits per heavy atom. The zero-order valence-corrected chi connectivity index (χ0v) is 90.0. The minimum absolute atomic E-state index is 0.0320. The maximum absolute atomic E-state index is 11.7. The second-order valence-electron chi connectivity index (χ2n) is 48.6. The van der Waals surface area contributed by atoms with Crippen LogP contribution in [0.4, 0.5) is 0 Å². The van der Waals surface area contributed by atoms with Crippen LogP contribution in [0.2, 0.25) is 0 Å². The van der Waals surface area contributed by atoms with Gasteiger partial charge < -0.3 is 48.8 Å². The molecule has 16 heteroatoms. The lowest BCUT2D eigenvalue weighted by atomic mass is 9.51. The van der Waals surface area contributed by atoms with Gasteiger partial charge >= 0.3 is 13.6 Å². The lowest BCUT2D eigenvalue weighted by molar-refractivity contribution is -0.963. The van der Waals surface area contributed by atoms with E-state index in [-0.39, 0.29) is 35.9 Å². The Bertz CT molecular complexity index is 5050. The van der Waals surface area contributed by atoms with E-state index in [1.165, 1.54) is 219 Å². The van der Waals surface area contributed by atoms with Gasteiger partial charge in [0.25, 0.3) is 0 Å². The first-order valence-corrected chi connectivity index (χ1v) is 57.5. The maximum atomic E-state index is 11.7. The number of carboxylic acids is 1. The third kappa shape index (κ3) is 21.5. The van der Waals surface area contributed by atoms with Crippen LogP contribution in [0, 0.1) is 41.4 Å². The van der Waals surface area contributed by atoms with Crippen LogP contribution >= 0.6 is 7.60 Å². The number of fused-ring (bicyclic) bond motifs is 10. The number of nitrogens with zero attached hydrogens (tertiary/aromatic N) is 5. The number of nitrogens with one attached hydrogen (secondary N) is 2. The molecule has 138 heavy (non-hydrogen) atoms. The van der Waals surface area contributed by atoms with Gasteiger partial charge in [0.2, 0.25) is 0 Å². The van der Waals surface area contributed by atoms with E-state index in [0.717, 1.165) is 90.4 Å². The zero-order valence-electron chi connectivity index (χ0n) is 89.1. The maximum Gasteiger partial charge on any atom is 0.328 e. The van der Waals surface area contributed by atoms with Crippen molar-refractivity contribution in [1.29, 1.82) is 0 Å².